The van der Waals surface area contributed by atoms with Gasteiger partial charge < -0.3 is 9.80 Å². The van der Waals surface area contributed by atoms with Gasteiger partial charge in [-0.05, 0) is 54.6 Å². The summed E-state index contributed by atoms with van der Waals surface area (Å²) in [6, 6.07) is 13.4. The summed E-state index contributed by atoms with van der Waals surface area (Å²) in [5, 5.41) is 5.00. The second-order valence-electron chi connectivity index (χ2n) is 8.65. The average molecular weight is 480 g/mol. The maximum Gasteiger partial charge on any atom is 0.267 e. The topological polar surface area (TPSA) is 79.3 Å². The van der Waals surface area contributed by atoms with E-state index in [0.29, 0.717) is 29.2 Å². The summed E-state index contributed by atoms with van der Waals surface area (Å²) >= 11 is 2.66. The summed E-state index contributed by atoms with van der Waals surface area (Å²) in [7, 11) is 0. The van der Waals surface area contributed by atoms with Crippen LogP contribution in [0.15, 0.2) is 53.7 Å². The Hall–Kier alpha value is -2.78. The number of thioether (sulfide) groups is 1. The van der Waals surface area contributed by atoms with E-state index >= 15 is 0 Å². The van der Waals surface area contributed by atoms with Gasteiger partial charge in [0, 0.05) is 37.9 Å². The molecule has 0 saturated carbocycles. The molecule has 2 aromatic heterocycles. The van der Waals surface area contributed by atoms with Gasteiger partial charge in [0.25, 0.3) is 11.8 Å². The van der Waals surface area contributed by atoms with E-state index in [9.17, 15) is 9.59 Å². The number of amides is 2. The molecular formula is C24H25N5O2S2. The Morgan fingerprint density at radius 3 is 2.42 bits per heavy atom. The standard InChI is InChI=1S/C24H25N5O2S2/c1-32-21-18(8-5-12-25-21)22(30)28-13-9-24(10-14-28)11-15-29(16-24)23(31)20-19(26-27-33-20)17-6-3-2-4-7-17/h2-8,12H,9-11,13-16H2,1H3. The maximum absolute atomic E-state index is 13.3. The van der Waals surface area contributed by atoms with E-state index < -0.39 is 0 Å². The highest BCUT2D eigenvalue weighted by molar-refractivity contribution is 7.98. The van der Waals surface area contributed by atoms with Crippen molar-refractivity contribution in [3.05, 3.63) is 59.1 Å². The highest BCUT2D eigenvalue weighted by Crippen LogP contribution is 2.41. The van der Waals surface area contributed by atoms with Gasteiger partial charge in [0.2, 0.25) is 0 Å². The third-order valence-electron chi connectivity index (χ3n) is 6.76. The molecule has 2 fully saturated rings. The third kappa shape index (κ3) is 4.27. The van der Waals surface area contributed by atoms with Crippen molar-refractivity contribution in [1.82, 2.24) is 24.4 Å². The minimum absolute atomic E-state index is 0.0132. The van der Waals surface area contributed by atoms with Crippen molar-refractivity contribution >= 4 is 35.1 Å². The van der Waals surface area contributed by atoms with Crippen LogP contribution in [0.1, 0.15) is 39.3 Å². The Labute approximate surface area is 201 Å². The van der Waals surface area contributed by atoms with Gasteiger partial charge in [0.15, 0.2) is 0 Å². The fourth-order valence-electron chi connectivity index (χ4n) is 4.85. The molecule has 0 atom stereocenters. The molecule has 0 bridgehead atoms. The van der Waals surface area contributed by atoms with Gasteiger partial charge >= 0.3 is 0 Å². The molecule has 2 amide bonds. The molecule has 0 radical (unpaired) electrons. The van der Waals surface area contributed by atoms with E-state index in [-0.39, 0.29) is 17.2 Å². The monoisotopic (exact) mass is 479 g/mol. The highest BCUT2D eigenvalue weighted by Gasteiger charge is 2.43. The fraction of sp³-hybridized carbons (Fsp3) is 0.375. The normalized spacial score (nSPS) is 17.5. The molecular weight excluding hydrogens is 454 g/mol. The molecule has 7 nitrogen and oxygen atoms in total. The van der Waals surface area contributed by atoms with Crippen LogP contribution in [-0.4, -0.2) is 68.6 Å². The number of benzene rings is 1. The fourth-order valence-corrected chi connectivity index (χ4v) is 6.04. The van der Waals surface area contributed by atoms with E-state index in [2.05, 4.69) is 14.6 Å². The Morgan fingerprint density at radius 1 is 0.970 bits per heavy atom. The molecule has 170 valence electrons. The lowest BCUT2D eigenvalue weighted by Gasteiger charge is -2.39. The molecule has 0 unspecified atom stereocenters. The predicted octanol–water partition coefficient (Wildman–Crippen LogP) is 4.09. The van der Waals surface area contributed by atoms with Crippen LogP contribution < -0.4 is 0 Å². The van der Waals surface area contributed by atoms with E-state index in [0.717, 1.165) is 42.9 Å². The van der Waals surface area contributed by atoms with Crippen LogP contribution in [0.25, 0.3) is 11.3 Å². The van der Waals surface area contributed by atoms with E-state index in [1.54, 1.807) is 6.20 Å². The molecule has 2 saturated heterocycles. The summed E-state index contributed by atoms with van der Waals surface area (Å²) in [4.78, 5) is 35.2. The summed E-state index contributed by atoms with van der Waals surface area (Å²) in [5.74, 6) is 0.0654. The van der Waals surface area contributed by atoms with Gasteiger partial charge in [-0.25, -0.2) is 4.98 Å². The summed E-state index contributed by atoms with van der Waals surface area (Å²) in [6.45, 7) is 2.88. The lowest BCUT2D eigenvalue weighted by Crippen LogP contribution is -2.44. The van der Waals surface area contributed by atoms with Crippen LogP contribution in [0.2, 0.25) is 0 Å². The number of hydrogen-bond acceptors (Lipinski definition) is 7. The number of rotatable bonds is 4. The first-order valence-corrected chi connectivity index (χ1v) is 13.1. The highest BCUT2D eigenvalue weighted by atomic mass is 32.2. The lowest BCUT2D eigenvalue weighted by atomic mass is 9.77. The van der Waals surface area contributed by atoms with Crippen molar-refractivity contribution in [2.45, 2.75) is 24.3 Å². The predicted molar refractivity (Wildman–Crippen MR) is 129 cm³/mol. The minimum atomic E-state index is 0.0132. The molecule has 1 aromatic carbocycles. The molecule has 0 aliphatic carbocycles. The number of nitrogens with zero attached hydrogens (tertiary/aromatic N) is 5. The summed E-state index contributed by atoms with van der Waals surface area (Å²) in [5.41, 5.74) is 2.33. The number of hydrogen-bond donors (Lipinski definition) is 0. The van der Waals surface area contributed by atoms with Crippen molar-refractivity contribution in [2.24, 2.45) is 5.41 Å². The smallest absolute Gasteiger partial charge is 0.267 e. The quantitative estimate of drug-likeness (QED) is 0.525. The van der Waals surface area contributed by atoms with Crippen LogP contribution >= 0.6 is 23.3 Å². The first kappa shape index (κ1) is 22.0. The molecule has 9 heteroatoms. The van der Waals surface area contributed by atoms with E-state index in [1.807, 2.05) is 58.5 Å². The van der Waals surface area contributed by atoms with Crippen LogP contribution in [0.4, 0.5) is 0 Å². The third-order valence-corrected chi connectivity index (χ3v) is 8.19. The first-order valence-electron chi connectivity index (χ1n) is 11.1. The van der Waals surface area contributed by atoms with Gasteiger partial charge in [-0.15, -0.1) is 16.9 Å². The number of carbonyl (C=O) groups is 2. The molecule has 4 heterocycles. The largest absolute Gasteiger partial charge is 0.339 e. The lowest BCUT2D eigenvalue weighted by molar-refractivity contribution is 0.0563. The minimum Gasteiger partial charge on any atom is -0.339 e. The molecule has 1 spiro atoms. The van der Waals surface area contributed by atoms with Crippen LogP contribution in [0.5, 0.6) is 0 Å². The Balaban J connectivity index is 1.25. The van der Waals surface area contributed by atoms with Gasteiger partial charge in [-0.2, -0.15) is 0 Å². The zero-order chi connectivity index (χ0) is 22.8. The van der Waals surface area contributed by atoms with E-state index in [1.165, 1.54) is 23.3 Å². The van der Waals surface area contributed by atoms with Crippen LogP contribution in [0.3, 0.4) is 0 Å². The summed E-state index contributed by atoms with van der Waals surface area (Å²) < 4.78 is 4.06. The zero-order valence-electron chi connectivity index (χ0n) is 18.4. The average Bonchev–Trinajstić information content (AvgIpc) is 3.52. The number of aromatic nitrogens is 3. The van der Waals surface area contributed by atoms with Crippen LogP contribution in [-0.2, 0) is 0 Å². The maximum atomic E-state index is 13.3. The molecule has 33 heavy (non-hydrogen) atoms. The second-order valence-corrected chi connectivity index (χ2v) is 10.2. The zero-order valence-corrected chi connectivity index (χ0v) is 20.1. The van der Waals surface area contributed by atoms with Crippen molar-refractivity contribution in [1.29, 1.82) is 0 Å². The molecule has 3 aromatic rings. The Morgan fingerprint density at radius 2 is 1.70 bits per heavy atom. The Bertz CT molecular complexity index is 1160. The first-order chi connectivity index (χ1) is 16.1. The van der Waals surface area contributed by atoms with Gasteiger partial charge in [0.05, 0.1) is 5.56 Å². The van der Waals surface area contributed by atoms with Crippen molar-refractivity contribution in [3.63, 3.8) is 0 Å². The van der Waals surface area contributed by atoms with Crippen molar-refractivity contribution in [2.75, 3.05) is 32.4 Å². The van der Waals surface area contributed by atoms with E-state index in [4.69, 9.17) is 0 Å². The SMILES string of the molecule is CSc1ncccc1C(=O)N1CCC2(CC1)CCN(C(=O)c1snnc1-c1ccccc1)C2. The van der Waals surface area contributed by atoms with Crippen molar-refractivity contribution in [3.8, 4) is 11.3 Å². The Kier molecular flexibility index (Phi) is 6.16. The summed E-state index contributed by atoms with van der Waals surface area (Å²) in [6.07, 6.45) is 6.44. The van der Waals surface area contributed by atoms with Gasteiger partial charge in [0.1, 0.15) is 15.6 Å². The molecule has 2 aliphatic heterocycles. The second kappa shape index (κ2) is 9.23. The van der Waals surface area contributed by atoms with Gasteiger partial charge in [-0.3, -0.25) is 9.59 Å². The number of likely N-dealkylation sites (tertiary alicyclic amines) is 2. The van der Waals surface area contributed by atoms with Crippen molar-refractivity contribution < 1.29 is 9.59 Å². The number of piperidine rings is 1. The molecule has 0 N–H and O–H groups in total. The van der Waals surface area contributed by atoms with Crippen LogP contribution in [0, 0.1) is 5.41 Å². The number of pyridine rings is 1. The molecule has 5 rings (SSSR count). The number of carbonyl (C=O) groups excluding carboxylic acids is 2. The van der Waals surface area contributed by atoms with Gasteiger partial charge in [-0.1, -0.05) is 34.8 Å². The molecule has 2 aliphatic rings.